The minimum atomic E-state index is -0.711. The van der Waals surface area contributed by atoms with Gasteiger partial charge in [0.25, 0.3) is 5.91 Å². The third-order valence-electron chi connectivity index (χ3n) is 5.91. The van der Waals surface area contributed by atoms with Crippen molar-refractivity contribution in [1.29, 1.82) is 0 Å². The average Bonchev–Trinajstić information content (AvgIpc) is 3.25. The van der Waals surface area contributed by atoms with Gasteiger partial charge in [-0.25, -0.2) is 4.79 Å². The Hall–Kier alpha value is -2.89. The second-order valence-corrected chi connectivity index (χ2v) is 7.86. The molecular formula is C22H25N3O3. The van der Waals surface area contributed by atoms with Crippen molar-refractivity contribution in [2.75, 3.05) is 13.6 Å². The predicted molar refractivity (Wildman–Crippen MR) is 106 cm³/mol. The maximum atomic E-state index is 12.7. The summed E-state index contributed by atoms with van der Waals surface area (Å²) >= 11 is 0. The van der Waals surface area contributed by atoms with Gasteiger partial charge in [-0.2, -0.15) is 0 Å². The van der Waals surface area contributed by atoms with Gasteiger partial charge < -0.3 is 10.2 Å². The number of benzene rings is 2. The fourth-order valence-corrected chi connectivity index (χ4v) is 4.29. The third-order valence-corrected chi connectivity index (χ3v) is 5.91. The first-order chi connectivity index (χ1) is 13.5. The van der Waals surface area contributed by atoms with Crippen LogP contribution in [-0.2, 0) is 16.1 Å². The molecule has 1 N–H and O–H groups in total. The highest BCUT2D eigenvalue weighted by Crippen LogP contribution is 2.35. The molecule has 0 atom stereocenters. The van der Waals surface area contributed by atoms with Crippen LogP contribution in [0.25, 0.3) is 10.8 Å². The lowest BCUT2D eigenvalue weighted by atomic mass is 9.98. The van der Waals surface area contributed by atoms with Gasteiger partial charge in [0.05, 0.1) is 0 Å². The quantitative estimate of drug-likeness (QED) is 0.812. The van der Waals surface area contributed by atoms with Crippen LogP contribution in [0.15, 0.2) is 42.5 Å². The second kappa shape index (κ2) is 7.26. The smallest absolute Gasteiger partial charge is 0.325 e. The number of carbonyl (C=O) groups is 3. The summed E-state index contributed by atoms with van der Waals surface area (Å²) in [6.45, 7) is 0.626. The minimum absolute atomic E-state index is 0.0823. The largest absolute Gasteiger partial charge is 0.341 e. The Morgan fingerprint density at radius 1 is 1.11 bits per heavy atom. The monoisotopic (exact) mass is 379 g/mol. The van der Waals surface area contributed by atoms with Crippen LogP contribution in [0, 0.1) is 0 Å². The van der Waals surface area contributed by atoms with E-state index in [2.05, 4.69) is 29.6 Å². The zero-order valence-corrected chi connectivity index (χ0v) is 16.1. The maximum absolute atomic E-state index is 12.7. The third kappa shape index (κ3) is 3.35. The van der Waals surface area contributed by atoms with Gasteiger partial charge in [-0.3, -0.25) is 14.5 Å². The van der Waals surface area contributed by atoms with E-state index in [1.54, 1.807) is 11.9 Å². The Labute approximate surface area is 164 Å². The molecule has 4 rings (SSSR count). The molecule has 28 heavy (non-hydrogen) atoms. The molecule has 0 radical (unpaired) electrons. The zero-order chi connectivity index (χ0) is 19.7. The molecule has 1 spiro atoms. The van der Waals surface area contributed by atoms with E-state index in [1.165, 1.54) is 10.3 Å². The predicted octanol–water partition coefficient (Wildman–Crippen LogP) is 3.05. The summed E-state index contributed by atoms with van der Waals surface area (Å²) in [5, 5.41) is 5.16. The van der Waals surface area contributed by atoms with Gasteiger partial charge in [0, 0.05) is 26.6 Å². The molecule has 1 saturated carbocycles. The van der Waals surface area contributed by atoms with Gasteiger partial charge in [0.1, 0.15) is 5.54 Å². The molecule has 1 aliphatic heterocycles. The van der Waals surface area contributed by atoms with E-state index in [4.69, 9.17) is 0 Å². The fraction of sp³-hybridized carbons (Fsp3) is 0.409. The van der Waals surface area contributed by atoms with Gasteiger partial charge in [0.2, 0.25) is 5.91 Å². The normalized spacial score (nSPS) is 18.1. The SMILES string of the molecule is CN(Cc1ccc2ccccc2c1)C(=O)CCN1C(=O)NC2(CCCC2)C1=O. The van der Waals surface area contributed by atoms with Crippen LogP contribution < -0.4 is 5.32 Å². The first-order valence-electron chi connectivity index (χ1n) is 9.84. The van der Waals surface area contributed by atoms with E-state index in [0.29, 0.717) is 19.4 Å². The van der Waals surface area contributed by atoms with E-state index in [9.17, 15) is 14.4 Å². The number of imide groups is 1. The molecule has 1 saturated heterocycles. The van der Waals surface area contributed by atoms with Crippen molar-refractivity contribution >= 4 is 28.6 Å². The summed E-state index contributed by atoms with van der Waals surface area (Å²) in [6, 6.07) is 13.9. The van der Waals surface area contributed by atoms with Gasteiger partial charge in [-0.1, -0.05) is 49.2 Å². The molecule has 1 aliphatic carbocycles. The molecule has 1 heterocycles. The van der Waals surface area contributed by atoms with E-state index in [0.717, 1.165) is 23.8 Å². The Bertz CT molecular complexity index is 934. The molecule has 0 bridgehead atoms. The minimum Gasteiger partial charge on any atom is -0.341 e. The molecular weight excluding hydrogens is 354 g/mol. The van der Waals surface area contributed by atoms with E-state index < -0.39 is 5.54 Å². The van der Waals surface area contributed by atoms with Crippen LogP contribution in [0.2, 0.25) is 0 Å². The number of fused-ring (bicyclic) bond motifs is 1. The van der Waals surface area contributed by atoms with Crippen molar-refractivity contribution in [2.45, 2.75) is 44.2 Å². The van der Waals surface area contributed by atoms with Crippen LogP contribution in [0.5, 0.6) is 0 Å². The summed E-state index contributed by atoms with van der Waals surface area (Å²) in [4.78, 5) is 40.3. The highest BCUT2D eigenvalue weighted by Gasteiger charge is 2.52. The Balaban J connectivity index is 1.35. The molecule has 0 aromatic heterocycles. The number of amides is 4. The van der Waals surface area contributed by atoms with Crippen LogP contribution in [0.1, 0.15) is 37.7 Å². The highest BCUT2D eigenvalue weighted by atomic mass is 16.2. The van der Waals surface area contributed by atoms with Crippen molar-refractivity contribution < 1.29 is 14.4 Å². The molecule has 2 aliphatic rings. The topological polar surface area (TPSA) is 69.7 Å². The van der Waals surface area contributed by atoms with E-state index in [-0.39, 0.29) is 30.8 Å². The van der Waals surface area contributed by atoms with Crippen molar-refractivity contribution in [2.24, 2.45) is 0 Å². The summed E-state index contributed by atoms with van der Waals surface area (Å²) in [5.41, 5.74) is 0.339. The number of nitrogens with one attached hydrogen (secondary N) is 1. The van der Waals surface area contributed by atoms with Crippen LogP contribution >= 0.6 is 0 Å². The Morgan fingerprint density at radius 3 is 2.57 bits per heavy atom. The number of urea groups is 1. The number of hydrogen-bond donors (Lipinski definition) is 1. The maximum Gasteiger partial charge on any atom is 0.325 e. The number of rotatable bonds is 5. The lowest BCUT2D eigenvalue weighted by Crippen LogP contribution is -2.44. The van der Waals surface area contributed by atoms with Crippen LogP contribution in [0.3, 0.4) is 0 Å². The summed E-state index contributed by atoms with van der Waals surface area (Å²) in [5.74, 6) is -0.249. The van der Waals surface area contributed by atoms with Gasteiger partial charge in [-0.15, -0.1) is 0 Å². The molecule has 6 nitrogen and oxygen atoms in total. The Kier molecular flexibility index (Phi) is 4.79. The van der Waals surface area contributed by atoms with Crippen molar-refractivity contribution in [1.82, 2.24) is 15.1 Å². The summed E-state index contributed by atoms with van der Waals surface area (Å²) < 4.78 is 0. The average molecular weight is 379 g/mol. The standard InChI is InChI=1S/C22H25N3O3/c1-24(15-16-8-9-17-6-2-3-7-18(17)14-16)19(26)10-13-25-20(27)22(23-21(25)28)11-4-5-12-22/h2-3,6-9,14H,4-5,10-13,15H2,1H3,(H,23,28). The summed E-state index contributed by atoms with van der Waals surface area (Å²) in [7, 11) is 1.75. The molecule has 0 unspecified atom stereocenters. The van der Waals surface area contributed by atoms with Crippen LogP contribution in [0.4, 0.5) is 4.79 Å². The lowest BCUT2D eigenvalue weighted by Gasteiger charge is -2.21. The number of nitrogens with zero attached hydrogens (tertiary/aromatic N) is 2. The molecule has 2 aromatic carbocycles. The zero-order valence-electron chi connectivity index (χ0n) is 16.1. The molecule has 4 amide bonds. The molecule has 6 heteroatoms. The van der Waals surface area contributed by atoms with Crippen LogP contribution in [-0.4, -0.2) is 46.8 Å². The molecule has 2 fully saturated rings. The number of carbonyl (C=O) groups excluding carboxylic acids is 3. The van der Waals surface area contributed by atoms with E-state index in [1.807, 2.05) is 18.2 Å². The lowest BCUT2D eigenvalue weighted by molar-refractivity contribution is -0.133. The first kappa shape index (κ1) is 18.5. The second-order valence-electron chi connectivity index (χ2n) is 7.86. The first-order valence-corrected chi connectivity index (χ1v) is 9.84. The van der Waals surface area contributed by atoms with Crippen molar-refractivity contribution in [3.05, 3.63) is 48.0 Å². The Morgan fingerprint density at radius 2 is 1.82 bits per heavy atom. The van der Waals surface area contributed by atoms with Gasteiger partial charge in [0.15, 0.2) is 0 Å². The molecule has 2 aromatic rings. The highest BCUT2D eigenvalue weighted by molar-refractivity contribution is 6.07. The van der Waals surface area contributed by atoms with Crippen molar-refractivity contribution in [3.8, 4) is 0 Å². The van der Waals surface area contributed by atoms with E-state index >= 15 is 0 Å². The van der Waals surface area contributed by atoms with Gasteiger partial charge in [-0.05, 0) is 35.2 Å². The van der Waals surface area contributed by atoms with Gasteiger partial charge >= 0.3 is 6.03 Å². The fourth-order valence-electron chi connectivity index (χ4n) is 4.29. The summed E-state index contributed by atoms with van der Waals surface area (Å²) in [6.07, 6.45) is 3.44. The number of hydrogen-bond acceptors (Lipinski definition) is 3. The van der Waals surface area contributed by atoms with Crippen molar-refractivity contribution in [3.63, 3.8) is 0 Å². The molecule has 146 valence electrons.